The van der Waals surface area contributed by atoms with E-state index in [1.54, 1.807) is 7.11 Å². The summed E-state index contributed by atoms with van der Waals surface area (Å²) < 4.78 is 16.9. The summed E-state index contributed by atoms with van der Waals surface area (Å²) >= 11 is 0. The zero-order valence-corrected chi connectivity index (χ0v) is 14.0. The molecule has 0 saturated carbocycles. The Labute approximate surface area is 138 Å². The van der Waals surface area contributed by atoms with Gasteiger partial charge in [-0.15, -0.1) is 0 Å². The van der Waals surface area contributed by atoms with Crippen molar-refractivity contribution in [1.29, 1.82) is 0 Å². The molecule has 0 spiro atoms. The Bertz CT molecular complexity index is 597. The van der Waals surface area contributed by atoms with Gasteiger partial charge < -0.3 is 14.2 Å². The van der Waals surface area contributed by atoms with E-state index >= 15 is 0 Å². The van der Waals surface area contributed by atoms with Crippen LogP contribution >= 0.6 is 0 Å². The first kappa shape index (κ1) is 17.3. The molecule has 0 heterocycles. The lowest BCUT2D eigenvalue weighted by atomic mass is 10.0. The third-order valence-electron chi connectivity index (χ3n) is 3.44. The van der Waals surface area contributed by atoms with Crippen molar-refractivity contribution in [3.63, 3.8) is 0 Å². The second-order valence-corrected chi connectivity index (χ2v) is 4.98. The first-order valence-corrected chi connectivity index (χ1v) is 7.92. The van der Waals surface area contributed by atoms with Gasteiger partial charge in [0.2, 0.25) is 0 Å². The highest BCUT2D eigenvalue weighted by atomic mass is 16.7. The molecule has 0 unspecified atom stereocenters. The molecule has 122 valence electrons. The highest BCUT2D eigenvalue weighted by Crippen LogP contribution is 2.26. The van der Waals surface area contributed by atoms with Crippen molar-refractivity contribution in [2.45, 2.75) is 20.1 Å². The number of ether oxygens (including phenoxy) is 3. The lowest BCUT2D eigenvalue weighted by Gasteiger charge is -2.21. The van der Waals surface area contributed by atoms with Gasteiger partial charge in [0.15, 0.2) is 6.29 Å². The molecule has 3 heteroatoms. The summed E-state index contributed by atoms with van der Waals surface area (Å²) in [5.41, 5.74) is 3.17. The minimum Gasteiger partial charge on any atom is -0.497 e. The van der Waals surface area contributed by atoms with Gasteiger partial charge in [-0.05, 0) is 43.2 Å². The van der Waals surface area contributed by atoms with Gasteiger partial charge in [0.1, 0.15) is 5.75 Å². The molecule has 0 aromatic heterocycles. The van der Waals surface area contributed by atoms with Crippen LogP contribution in [0.1, 0.15) is 25.0 Å². The number of hydrogen-bond acceptors (Lipinski definition) is 3. The molecule has 0 aliphatic rings. The Morgan fingerprint density at radius 1 is 0.913 bits per heavy atom. The zero-order chi connectivity index (χ0) is 16.5. The summed E-state index contributed by atoms with van der Waals surface area (Å²) in [4.78, 5) is 0. The van der Waals surface area contributed by atoms with Crippen LogP contribution in [0.15, 0.2) is 54.6 Å². The monoisotopic (exact) mass is 312 g/mol. The molecule has 0 bridgehead atoms. The molecule has 0 aliphatic carbocycles. The molecule has 2 aromatic rings. The van der Waals surface area contributed by atoms with E-state index in [-0.39, 0.29) is 0 Å². The summed E-state index contributed by atoms with van der Waals surface area (Å²) in [6.45, 7) is 5.13. The van der Waals surface area contributed by atoms with Crippen LogP contribution in [0, 0.1) is 0 Å². The van der Waals surface area contributed by atoms with Crippen LogP contribution in [0.3, 0.4) is 0 Å². The van der Waals surface area contributed by atoms with Gasteiger partial charge in [-0.3, -0.25) is 0 Å². The van der Waals surface area contributed by atoms with Gasteiger partial charge in [0, 0.05) is 18.8 Å². The van der Waals surface area contributed by atoms with Crippen LogP contribution in [0.2, 0.25) is 0 Å². The lowest BCUT2D eigenvalue weighted by Crippen LogP contribution is -2.19. The molecule has 0 fully saturated rings. The second kappa shape index (κ2) is 9.13. The van der Waals surface area contributed by atoms with Crippen molar-refractivity contribution in [2.24, 2.45) is 0 Å². The van der Waals surface area contributed by atoms with Crippen LogP contribution in [0.5, 0.6) is 5.75 Å². The van der Waals surface area contributed by atoms with Gasteiger partial charge in [-0.1, -0.05) is 42.5 Å². The van der Waals surface area contributed by atoms with Crippen molar-refractivity contribution in [1.82, 2.24) is 0 Å². The van der Waals surface area contributed by atoms with Crippen LogP contribution in [0.4, 0.5) is 0 Å². The number of benzene rings is 2. The van der Waals surface area contributed by atoms with Crippen molar-refractivity contribution in [3.8, 4) is 5.75 Å². The normalized spacial score (nSPS) is 11.7. The summed E-state index contributed by atoms with van der Waals surface area (Å²) in [7, 11) is 1.67. The summed E-state index contributed by atoms with van der Waals surface area (Å²) in [5.74, 6) is 0.831. The number of methoxy groups -OCH3 is 1. The molecule has 0 radical (unpaired) electrons. The highest BCUT2D eigenvalue weighted by Gasteiger charge is 2.17. The Hall–Kier alpha value is -2.10. The summed E-state index contributed by atoms with van der Waals surface area (Å²) in [6.07, 6.45) is 1.72. The topological polar surface area (TPSA) is 27.7 Å². The van der Waals surface area contributed by atoms with Crippen molar-refractivity contribution in [2.75, 3.05) is 20.3 Å². The van der Waals surface area contributed by atoms with Crippen molar-refractivity contribution in [3.05, 3.63) is 65.7 Å². The first-order valence-electron chi connectivity index (χ1n) is 7.92. The van der Waals surface area contributed by atoms with Crippen LogP contribution in [-0.4, -0.2) is 26.6 Å². The van der Waals surface area contributed by atoms with Gasteiger partial charge >= 0.3 is 0 Å². The molecular formula is C20H24O3. The molecular weight excluding hydrogens is 288 g/mol. The van der Waals surface area contributed by atoms with Gasteiger partial charge in [-0.25, -0.2) is 0 Å². The van der Waals surface area contributed by atoms with E-state index in [4.69, 9.17) is 14.2 Å². The Morgan fingerprint density at radius 2 is 1.52 bits per heavy atom. The molecule has 0 N–H and O–H groups in total. The predicted molar refractivity (Wildman–Crippen MR) is 94.3 cm³/mol. The summed E-state index contributed by atoms with van der Waals surface area (Å²) in [6, 6.07) is 18.1. The fraction of sp³-hybridized carbons (Fsp3) is 0.300. The van der Waals surface area contributed by atoms with Gasteiger partial charge in [-0.2, -0.15) is 0 Å². The van der Waals surface area contributed by atoms with E-state index in [0.29, 0.717) is 13.2 Å². The van der Waals surface area contributed by atoms with E-state index in [0.717, 1.165) is 22.4 Å². The average molecular weight is 312 g/mol. The number of hydrogen-bond donors (Lipinski definition) is 0. The molecule has 0 amide bonds. The molecule has 3 nitrogen and oxygen atoms in total. The molecule has 2 rings (SSSR count). The van der Waals surface area contributed by atoms with Crippen LogP contribution < -0.4 is 4.74 Å². The highest BCUT2D eigenvalue weighted by molar-refractivity contribution is 5.83. The lowest BCUT2D eigenvalue weighted by molar-refractivity contribution is -0.0960. The van der Waals surface area contributed by atoms with Gasteiger partial charge in [0.05, 0.1) is 7.11 Å². The molecule has 0 saturated heterocycles. The fourth-order valence-electron chi connectivity index (χ4n) is 2.33. The minimum absolute atomic E-state index is 0.390. The summed E-state index contributed by atoms with van der Waals surface area (Å²) in [5, 5.41) is 0. The Morgan fingerprint density at radius 3 is 2.04 bits per heavy atom. The first-order chi connectivity index (χ1) is 11.3. The molecule has 0 atom stereocenters. The van der Waals surface area contributed by atoms with E-state index in [2.05, 4.69) is 18.2 Å². The molecule has 2 aromatic carbocycles. The number of rotatable bonds is 8. The van der Waals surface area contributed by atoms with Crippen LogP contribution in [0.25, 0.3) is 11.6 Å². The maximum absolute atomic E-state index is 5.81. The third-order valence-corrected chi connectivity index (χ3v) is 3.44. The Kier molecular flexibility index (Phi) is 6.85. The van der Waals surface area contributed by atoms with Crippen molar-refractivity contribution < 1.29 is 14.2 Å². The van der Waals surface area contributed by atoms with E-state index in [1.165, 1.54) is 0 Å². The van der Waals surface area contributed by atoms with Gasteiger partial charge in [0.25, 0.3) is 0 Å². The zero-order valence-electron chi connectivity index (χ0n) is 14.0. The van der Waals surface area contributed by atoms with E-state index in [9.17, 15) is 0 Å². The fourth-order valence-corrected chi connectivity index (χ4v) is 2.33. The second-order valence-electron chi connectivity index (χ2n) is 4.98. The largest absolute Gasteiger partial charge is 0.497 e. The average Bonchev–Trinajstić information content (AvgIpc) is 2.61. The quantitative estimate of drug-likeness (QED) is 0.525. The van der Waals surface area contributed by atoms with E-state index < -0.39 is 6.29 Å². The van der Waals surface area contributed by atoms with E-state index in [1.807, 2.05) is 56.3 Å². The third kappa shape index (κ3) is 4.95. The Balaban J connectivity index is 2.42. The molecule has 23 heavy (non-hydrogen) atoms. The van der Waals surface area contributed by atoms with Crippen LogP contribution in [-0.2, 0) is 9.47 Å². The standard InChI is InChI=1S/C20H24O3/c1-4-22-20(23-5-2)19(15-16-9-7-6-8-10-16)17-11-13-18(21-3)14-12-17/h6-15,20H,4-5H2,1-3H3/b19-15+. The maximum atomic E-state index is 5.81. The maximum Gasteiger partial charge on any atom is 0.184 e. The predicted octanol–water partition coefficient (Wildman–Crippen LogP) is 4.63. The SMILES string of the molecule is CCOC(OCC)/C(=C/c1ccccc1)c1ccc(OC)cc1. The smallest absolute Gasteiger partial charge is 0.184 e. The minimum atomic E-state index is -0.390. The molecule has 0 aliphatic heterocycles. The van der Waals surface area contributed by atoms with Crippen molar-refractivity contribution >= 4 is 11.6 Å².